The number of rotatable bonds is 4. The van der Waals surface area contributed by atoms with Crippen molar-refractivity contribution in [3.05, 3.63) is 48.6 Å². The third kappa shape index (κ3) is 2.70. The first-order valence-electron chi connectivity index (χ1n) is 13.0. The smallest absolute Gasteiger partial charge is 0.0144 e. The van der Waals surface area contributed by atoms with Crippen molar-refractivity contribution in [1.82, 2.24) is 0 Å². The van der Waals surface area contributed by atoms with Crippen LogP contribution in [0.15, 0.2) is 48.6 Å². The molecule has 0 N–H and O–H groups in total. The molecule has 0 heterocycles. The Hall–Kier alpha value is -1.04. The highest BCUT2D eigenvalue weighted by atomic mass is 14.7. The summed E-state index contributed by atoms with van der Waals surface area (Å²) < 4.78 is 0. The van der Waals surface area contributed by atoms with Gasteiger partial charge in [0.25, 0.3) is 0 Å². The molecule has 0 amide bonds. The Bertz CT molecular complexity index is 778. The van der Waals surface area contributed by atoms with Crippen molar-refractivity contribution in [2.45, 2.75) is 85.0 Å². The fourth-order valence-electron chi connectivity index (χ4n) is 9.79. The average Bonchev–Trinajstić information content (AvgIpc) is 3.50. The topological polar surface area (TPSA) is 0 Å². The van der Waals surface area contributed by atoms with Crippen LogP contribution < -0.4 is 0 Å². The van der Waals surface area contributed by atoms with E-state index in [4.69, 9.17) is 6.58 Å². The Labute approximate surface area is 186 Å². The minimum atomic E-state index is 0.250. The summed E-state index contributed by atoms with van der Waals surface area (Å²) in [5.74, 6) is 6.16. The molecule has 5 aliphatic rings. The molecule has 164 valence electrons. The van der Waals surface area contributed by atoms with Crippen LogP contribution in [0.25, 0.3) is 0 Å². The first kappa shape index (κ1) is 20.8. The van der Waals surface area contributed by atoms with E-state index in [9.17, 15) is 0 Å². The summed E-state index contributed by atoms with van der Waals surface area (Å²) in [6.45, 7) is 20.8. The third-order valence-corrected chi connectivity index (χ3v) is 11.0. The van der Waals surface area contributed by atoms with Gasteiger partial charge >= 0.3 is 0 Å². The van der Waals surface area contributed by atoms with Crippen LogP contribution >= 0.6 is 0 Å². The summed E-state index contributed by atoms with van der Waals surface area (Å²) >= 11 is 0. The number of fused-ring (bicyclic) bond motifs is 5. The van der Waals surface area contributed by atoms with Crippen molar-refractivity contribution in [3.63, 3.8) is 0 Å². The molecule has 0 saturated heterocycles. The second-order valence-electron chi connectivity index (χ2n) is 12.0. The summed E-state index contributed by atoms with van der Waals surface area (Å²) in [4.78, 5) is 0. The van der Waals surface area contributed by atoms with Gasteiger partial charge in [0.2, 0.25) is 0 Å². The maximum absolute atomic E-state index is 4.70. The van der Waals surface area contributed by atoms with Crippen LogP contribution in [-0.2, 0) is 0 Å². The lowest BCUT2D eigenvalue weighted by Crippen LogP contribution is -2.58. The molecule has 8 atom stereocenters. The average molecular weight is 405 g/mol. The van der Waals surface area contributed by atoms with Gasteiger partial charge in [-0.25, -0.2) is 0 Å². The lowest BCUT2D eigenvalue weighted by atomic mass is 9.39. The molecule has 0 aromatic rings. The van der Waals surface area contributed by atoms with Crippen molar-refractivity contribution in [3.8, 4) is 0 Å². The number of hydrogen-bond donors (Lipinski definition) is 0. The molecule has 30 heavy (non-hydrogen) atoms. The standard InChI is InChI=1S/C30H44/c1-7-8-22-13-15-30(20(4)5)24(17-22)18-25(23-10-11-23)28-26-12-9-21(6)29(26,19(2)3)16-14-27(28)30/h7-8,22-28H,2,4,6,9-18H2,1,3,5H3. The fourth-order valence-corrected chi connectivity index (χ4v) is 9.79. The van der Waals surface area contributed by atoms with Gasteiger partial charge in [-0.3, -0.25) is 0 Å². The zero-order valence-corrected chi connectivity index (χ0v) is 19.9. The predicted molar refractivity (Wildman–Crippen MR) is 129 cm³/mol. The minimum absolute atomic E-state index is 0.250. The summed E-state index contributed by atoms with van der Waals surface area (Å²) in [5.41, 5.74) is 5.12. The van der Waals surface area contributed by atoms with Crippen LogP contribution in [0.5, 0.6) is 0 Å². The predicted octanol–water partition coefficient (Wildman–Crippen LogP) is 8.53. The summed E-state index contributed by atoms with van der Waals surface area (Å²) in [5, 5.41) is 0. The first-order chi connectivity index (χ1) is 14.4. The van der Waals surface area contributed by atoms with Crippen LogP contribution in [-0.4, -0.2) is 0 Å². The molecule has 8 unspecified atom stereocenters. The largest absolute Gasteiger partial charge is 0.0996 e. The molecule has 0 aromatic heterocycles. The highest BCUT2D eigenvalue weighted by Gasteiger charge is 2.65. The van der Waals surface area contributed by atoms with E-state index in [-0.39, 0.29) is 5.41 Å². The zero-order valence-electron chi connectivity index (χ0n) is 19.9. The van der Waals surface area contributed by atoms with Crippen LogP contribution in [0.4, 0.5) is 0 Å². The van der Waals surface area contributed by atoms with E-state index in [1.54, 1.807) is 0 Å². The Morgan fingerprint density at radius 3 is 2.33 bits per heavy atom. The number of allylic oxidation sites excluding steroid dienone is 5. The van der Waals surface area contributed by atoms with Crippen LogP contribution in [0.2, 0.25) is 0 Å². The van der Waals surface area contributed by atoms with E-state index in [0.717, 1.165) is 41.4 Å². The molecule has 0 spiro atoms. The molecule has 0 nitrogen and oxygen atoms in total. The highest BCUT2D eigenvalue weighted by molar-refractivity contribution is 5.35. The monoisotopic (exact) mass is 404 g/mol. The van der Waals surface area contributed by atoms with Crippen LogP contribution in [0.3, 0.4) is 0 Å². The van der Waals surface area contributed by atoms with E-state index < -0.39 is 0 Å². The third-order valence-electron chi connectivity index (χ3n) is 11.0. The van der Waals surface area contributed by atoms with Gasteiger partial charge in [-0.2, -0.15) is 0 Å². The molecule has 0 aromatic carbocycles. The molecule has 5 fully saturated rings. The lowest BCUT2D eigenvalue weighted by molar-refractivity contribution is -0.124. The normalized spacial score (nSPS) is 48.2. The van der Waals surface area contributed by atoms with Crippen LogP contribution in [0.1, 0.15) is 85.0 Å². The molecule has 0 aliphatic heterocycles. The quantitative estimate of drug-likeness (QED) is 0.412. The van der Waals surface area contributed by atoms with E-state index in [1.807, 2.05) is 0 Å². The van der Waals surface area contributed by atoms with Gasteiger partial charge in [0, 0.05) is 5.41 Å². The SMILES string of the molecule is C=C(C)C12CCC3C(C(C4CC4)CC4CC(C=CC)CCC43C(=C)C)C1CCC2=C. The van der Waals surface area contributed by atoms with E-state index >= 15 is 0 Å². The van der Waals surface area contributed by atoms with Crippen molar-refractivity contribution >= 4 is 0 Å². The summed E-state index contributed by atoms with van der Waals surface area (Å²) in [7, 11) is 0. The molecule has 5 aliphatic carbocycles. The number of hydrogen-bond acceptors (Lipinski definition) is 0. The Morgan fingerprint density at radius 2 is 1.70 bits per heavy atom. The second-order valence-corrected chi connectivity index (χ2v) is 12.0. The first-order valence-corrected chi connectivity index (χ1v) is 13.0. The zero-order chi connectivity index (χ0) is 21.3. The maximum Gasteiger partial charge on any atom is 0.0144 e. The summed E-state index contributed by atoms with van der Waals surface area (Å²) in [6, 6.07) is 0. The second kappa shape index (κ2) is 7.25. The fraction of sp³-hybridized carbons (Fsp3) is 0.733. The van der Waals surface area contributed by atoms with Gasteiger partial charge < -0.3 is 0 Å². The van der Waals surface area contributed by atoms with Gasteiger partial charge in [0.1, 0.15) is 0 Å². The Balaban J connectivity index is 1.58. The Morgan fingerprint density at radius 1 is 0.933 bits per heavy atom. The van der Waals surface area contributed by atoms with Crippen LogP contribution in [0, 0.1) is 52.3 Å². The molecule has 0 radical (unpaired) electrons. The van der Waals surface area contributed by atoms with Gasteiger partial charge in [0.05, 0.1) is 0 Å². The van der Waals surface area contributed by atoms with Crippen molar-refractivity contribution < 1.29 is 0 Å². The van der Waals surface area contributed by atoms with E-state index in [0.29, 0.717) is 5.41 Å². The molecule has 5 rings (SSSR count). The highest BCUT2D eigenvalue weighted by Crippen LogP contribution is 2.73. The van der Waals surface area contributed by atoms with Gasteiger partial charge in [-0.05, 0) is 132 Å². The van der Waals surface area contributed by atoms with Gasteiger partial charge in [-0.15, -0.1) is 0 Å². The van der Waals surface area contributed by atoms with Crippen molar-refractivity contribution in [2.24, 2.45) is 52.3 Å². The molecule has 5 saturated carbocycles. The maximum atomic E-state index is 4.70. The van der Waals surface area contributed by atoms with Gasteiger partial charge in [-0.1, -0.05) is 48.6 Å². The Kier molecular flexibility index (Phi) is 5.03. The van der Waals surface area contributed by atoms with E-state index in [1.165, 1.54) is 80.9 Å². The van der Waals surface area contributed by atoms with Crippen molar-refractivity contribution in [2.75, 3.05) is 0 Å². The molecule has 0 heteroatoms. The van der Waals surface area contributed by atoms with Crippen molar-refractivity contribution in [1.29, 1.82) is 0 Å². The lowest BCUT2D eigenvalue weighted by Gasteiger charge is -2.65. The van der Waals surface area contributed by atoms with Gasteiger partial charge in [0.15, 0.2) is 0 Å². The molecule has 0 bridgehead atoms. The summed E-state index contributed by atoms with van der Waals surface area (Å²) in [6.07, 6.45) is 18.7. The molecular formula is C30H44. The molecular weight excluding hydrogens is 360 g/mol. The van der Waals surface area contributed by atoms with E-state index in [2.05, 4.69) is 46.1 Å². The minimum Gasteiger partial charge on any atom is -0.0996 e.